The van der Waals surface area contributed by atoms with Gasteiger partial charge in [-0.15, -0.1) is 0 Å². The van der Waals surface area contributed by atoms with Crippen molar-refractivity contribution in [1.82, 2.24) is 4.90 Å². The Kier molecular flexibility index (Phi) is 2.64. The summed E-state index contributed by atoms with van der Waals surface area (Å²) in [4.78, 5) is 2.53. The molecule has 1 aliphatic carbocycles. The third-order valence-electron chi connectivity index (χ3n) is 4.39. The van der Waals surface area contributed by atoms with Gasteiger partial charge in [-0.05, 0) is 51.6 Å². The normalized spacial score (nSPS) is 35.1. The molecule has 1 saturated carbocycles. The molecule has 0 N–H and O–H groups in total. The van der Waals surface area contributed by atoms with E-state index < -0.39 is 0 Å². The summed E-state index contributed by atoms with van der Waals surface area (Å²) < 4.78 is 0. The highest BCUT2D eigenvalue weighted by Gasteiger charge is 2.37. The molecule has 2 aliphatic rings. The van der Waals surface area contributed by atoms with E-state index in [4.69, 9.17) is 0 Å². The average Bonchev–Trinajstić information content (AvgIpc) is 2.14. The van der Waals surface area contributed by atoms with Crippen molar-refractivity contribution in [2.75, 3.05) is 13.6 Å². The molecule has 1 spiro atoms. The first kappa shape index (κ1) is 9.51. The maximum atomic E-state index is 2.53. The van der Waals surface area contributed by atoms with Crippen LogP contribution in [-0.4, -0.2) is 24.5 Å². The average molecular weight is 181 g/mol. The van der Waals surface area contributed by atoms with Crippen LogP contribution >= 0.6 is 0 Å². The second kappa shape index (κ2) is 3.61. The van der Waals surface area contributed by atoms with Crippen LogP contribution in [0.1, 0.15) is 51.9 Å². The molecule has 2 fully saturated rings. The minimum atomic E-state index is 0.768. The first-order chi connectivity index (χ1) is 6.22. The molecule has 1 unspecified atom stereocenters. The van der Waals surface area contributed by atoms with E-state index >= 15 is 0 Å². The fraction of sp³-hybridized carbons (Fsp3) is 1.00. The summed E-state index contributed by atoms with van der Waals surface area (Å²) in [7, 11) is 2.28. The van der Waals surface area contributed by atoms with E-state index in [9.17, 15) is 0 Å². The van der Waals surface area contributed by atoms with Crippen molar-refractivity contribution in [3.05, 3.63) is 0 Å². The van der Waals surface area contributed by atoms with Gasteiger partial charge < -0.3 is 4.90 Å². The third kappa shape index (κ3) is 1.90. The van der Waals surface area contributed by atoms with Gasteiger partial charge in [-0.3, -0.25) is 0 Å². The first-order valence-corrected chi connectivity index (χ1v) is 5.92. The van der Waals surface area contributed by atoms with Crippen molar-refractivity contribution in [3.63, 3.8) is 0 Å². The Bertz CT molecular complexity index is 170. The molecule has 76 valence electrons. The van der Waals surface area contributed by atoms with Gasteiger partial charge in [0.05, 0.1) is 0 Å². The van der Waals surface area contributed by atoms with Crippen LogP contribution in [0.25, 0.3) is 0 Å². The van der Waals surface area contributed by atoms with Crippen molar-refractivity contribution >= 4 is 0 Å². The van der Waals surface area contributed by atoms with Gasteiger partial charge in [-0.25, -0.2) is 0 Å². The van der Waals surface area contributed by atoms with E-state index in [0.717, 1.165) is 11.5 Å². The summed E-state index contributed by atoms with van der Waals surface area (Å²) in [5.74, 6) is 0. The number of hydrogen-bond donors (Lipinski definition) is 0. The highest BCUT2D eigenvalue weighted by atomic mass is 15.1. The lowest BCUT2D eigenvalue weighted by Gasteiger charge is -2.46. The largest absolute Gasteiger partial charge is 0.304 e. The Hall–Kier alpha value is -0.0400. The van der Waals surface area contributed by atoms with E-state index in [1.807, 2.05) is 0 Å². The summed E-state index contributed by atoms with van der Waals surface area (Å²) in [5.41, 5.74) is 0.768. The molecule has 1 aliphatic heterocycles. The Morgan fingerprint density at radius 3 is 2.38 bits per heavy atom. The quantitative estimate of drug-likeness (QED) is 0.555. The van der Waals surface area contributed by atoms with Gasteiger partial charge in [0.25, 0.3) is 0 Å². The van der Waals surface area contributed by atoms with Gasteiger partial charge in [0.1, 0.15) is 0 Å². The minimum absolute atomic E-state index is 0.768. The zero-order valence-corrected chi connectivity index (χ0v) is 9.18. The molecule has 0 aromatic carbocycles. The summed E-state index contributed by atoms with van der Waals surface area (Å²) >= 11 is 0. The summed E-state index contributed by atoms with van der Waals surface area (Å²) in [6.45, 7) is 3.73. The molecule has 0 aromatic heterocycles. The monoisotopic (exact) mass is 181 g/mol. The van der Waals surface area contributed by atoms with E-state index in [2.05, 4.69) is 18.9 Å². The zero-order chi connectivity index (χ0) is 9.31. The Morgan fingerprint density at radius 1 is 1.08 bits per heavy atom. The van der Waals surface area contributed by atoms with Crippen LogP contribution in [0.2, 0.25) is 0 Å². The lowest BCUT2D eigenvalue weighted by molar-refractivity contribution is 0.0447. The molecule has 1 saturated heterocycles. The summed E-state index contributed by atoms with van der Waals surface area (Å²) in [5, 5.41) is 0. The highest BCUT2D eigenvalue weighted by Crippen LogP contribution is 2.45. The number of hydrogen-bond acceptors (Lipinski definition) is 1. The van der Waals surface area contributed by atoms with Gasteiger partial charge in [0, 0.05) is 6.04 Å². The Morgan fingerprint density at radius 2 is 1.77 bits per heavy atom. The van der Waals surface area contributed by atoms with Gasteiger partial charge in [0.15, 0.2) is 0 Å². The molecule has 1 nitrogen and oxygen atoms in total. The highest BCUT2D eigenvalue weighted by molar-refractivity contribution is 4.90. The second-order valence-corrected chi connectivity index (χ2v) is 5.34. The number of likely N-dealkylation sites (tertiary alicyclic amines) is 1. The molecule has 2 rings (SSSR count). The topological polar surface area (TPSA) is 3.24 Å². The van der Waals surface area contributed by atoms with Crippen LogP contribution in [0.3, 0.4) is 0 Å². The second-order valence-electron chi connectivity index (χ2n) is 5.34. The van der Waals surface area contributed by atoms with Gasteiger partial charge in [-0.1, -0.05) is 19.3 Å². The standard InChI is InChI=1S/C12H23N/c1-11-10-12(8-9-13(11)2)6-4-3-5-7-12/h11H,3-10H2,1-2H3. The molecule has 0 amide bonds. The molecule has 1 atom stereocenters. The van der Waals surface area contributed by atoms with Crippen LogP contribution in [0.5, 0.6) is 0 Å². The van der Waals surface area contributed by atoms with Crippen LogP contribution in [0, 0.1) is 5.41 Å². The molecule has 0 aromatic rings. The van der Waals surface area contributed by atoms with Crippen LogP contribution in [-0.2, 0) is 0 Å². The van der Waals surface area contributed by atoms with Gasteiger partial charge in [-0.2, -0.15) is 0 Å². The number of nitrogens with zero attached hydrogens (tertiary/aromatic N) is 1. The van der Waals surface area contributed by atoms with Crippen molar-refractivity contribution in [2.45, 2.75) is 57.9 Å². The van der Waals surface area contributed by atoms with E-state index in [0.29, 0.717) is 0 Å². The van der Waals surface area contributed by atoms with Crippen LogP contribution in [0.4, 0.5) is 0 Å². The van der Waals surface area contributed by atoms with Crippen molar-refractivity contribution in [3.8, 4) is 0 Å². The predicted molar refractivity (Wildman–Crippen MR) is 56.8 cm³/mol. The third-order valence-corrected chi connectivity index (χ3v) is 4.39. The van der Waals surface area contributed by atoms with Crippen molar-refractivity contribution in [1.29, 1.82) is 0 Å². The Balaban J connectivity index is 1.99. The first-order valence-electron chi connectivity index (χ1n) is 5.92. The number of rotatable bonds is 0. The molecule has 0 radical (unpaired) electrons. The van der Waals surface area contributed by atoms with Gasteiger partial charge in [0.2, 0.25) is 0 Å². The van der Waals surface area contributed by atoms with E-state index in [1.165, 1.54) is 51.5 Å². The fourth-order valence-electron chi connectivity index (χ4n) is 3.27. The molecule has 1 heterocycles. The van der Waals surface area contributed by atoms with Crippen LogP contribution in [0.15, 0.2) is 0 Å². The Labute approximate surface area is 82.5 Å². The predicted octanol–water partition coefficient (Wildman–Crippen LogP) is 3.05. The SMILES string of the molecule is CC1CC2(CCCCC2)CCN1C. The molecular formula is C12H23N. The lowest BCUT2D eigenvalue weighted by atomic mass is 9.66. The molecule has 1 heteroatoms. The fourth-order valence-corrected chi connectivity index (χ4v) is 3.27. The summed E-state index contributed by atoms with van der Waals surface area (Å²) in [6, 6.07) is 0.826. The van der Waals surface area contributed by atoms with Crippen LogP contribution < -0.4 is 0 Å². The molecule has 0 bridgehead atoms. The van der Waals surface area contributed by atoms with Crippen molar-refractivity contribution < 1.29 is 0 Å². The van der Waals surface area contributed by atoms with E-state index in [-0.39, 0.29) is 0 Å². The van der Waals surface area contributed by atoms with E-state index in [1.54, 1.807) is 0 Å². The lowest BCUT2D eigenvalue weighted by Crippen LogP contribution is -2.44. The van der Waals surface area contributed by atoms with Gasteiger partial charge >= 0.3 is 0 Å². The molecule has 13 heavy (non-hydrogen) atoms. The maximum absolute atomic E-state index is 2.53. The maximum Gasteiger partial charge on any atom is 0.00691 e. The number of piperidine rings is 1. The minimum Gasteiger partial charge on any atom is -0.304 e. The molecular weight excluding hydrogens is 158 g/mol. The smallest absolute Gasteiger partial charge is 0.00691 e. The summed E-state index contributed by atoms with van der Waals surface area (Å²) in [6.07, 6.45) is 10.5. The zero-order valence-electron chi connectivity index (χ0n) is 9.18. The van der Waals surface area contributed by atoms with Crippen molar-refractivity contribution in [2.24, 2.45) is 5.41 Å².